The Morgan fingerprint density at radius 1 is 1.14 bits per heavy atom. The number of hydrogen-bond donors (Lipinski definition) is 1. The average molecular weight is 384 g/mol. The number of nitrogens with zero attached hydrogens (tertiary/aromatic N) is 1. The number of rotatable bonds is 6. The fourth-order valence-electron chi connectivity index (χ4n) is 3.41. The first kappa shape index (κ1) is 19.7. The molecule has 1 N–H and O–H groups in total. The van der Waals surface area contributed by atoms with Crippen molar-refractivity contribution in [3.8, 4) is 0 Å². The Labute approximate surface area is 163 Å². The Balaban J connectivity index is 1.69. The molecule has 1 unspecified atom stereocenters. The number of hydrogen-bond acceptors (Lipinski definition) is 5. The van der Waals surface area contributed by atoms with Crippen molar-refractivity contribution < 1.29 is 23.5 Å². The van der Waals surface area contributed by atoms with Crippen LogP contribution in [0.4, 0.5) is 0 Å². The van der Waals surface area contributed by atoms with E-state index in [9.17, 15) is 14.4 Å². The van der Waals surface area contributed by atoms with E-state index < -0.39 is 11.9 Å². The van der Waals surface area contributed by atoms with Crippen LogP contribution in [0.15, 0.2) is 53.1 Å². The number of ether oxygens (including phenoxy) is 1. The number of methoxy groups -OCH3 is 1. The molecule has 148 valence electrons. The van der Waals surface area contributed by atoms with E-state index in [-0.39, 0.29) is 23.6 Å². The van der Waals surface area contributed by atoms with Crippen molar-refractivity contribution in [3.63, 3.8) is 0 Å². The van der Waals surface area contributed by atoms with E-state index in [1.54, 1.807) is 17.0 Å². The summed E-state index contributed by atoms with van der Waals surface area (Å²) < 4.78 is 9.93. The third-order valence-electron chi connectivity index (χ3n) is 4.97. The van der Waals surface area contributed by atoms with Crippen LogP contribution in [0.3, 0.4) is 0 Å². The molecule has 1 aliphatic heterocycles. The first-order chi connectivity index (χ1) is 13.6. The first-order valence-corrected chi connectivity index (χ1v) is 9.33. The highest BCUT2D eigenvalue weighted by atomic mass is 16.5. The van der Waals surface area contributed by atoms with Gasteiger partial charge in [0.25, 0.3) is 5.91 Å². The summed E-state index contributed by atoms with van der Waals surface area (Å²) in [7, 11) is 1.37. The van der Waals surface area contributed by atoms with Gasteiger partial charge >= 0.3 is 5.97 Å². The Morgan fingerprint density at radius 3 is 2.46 bits per heavy atom. The van der Waals surface area contributed by atoms with Crippen LogP contribution >= 0.6 is 0 Å². The molecule has 2 heterocycles. The van der Waals surface area contributed by atoms with Crippen molar-refractivity contribution in [2.75, 3.05) is 20.2 Å². The first-order valence-electron chi connectivity index (χ1n) is 9.33. The van der Waals surface area contributed by atoms with Crippen molar-refractivity contribution >= 4 is 17.8 Å². The van der Waals surface area contributed by atoms with Crippen LogP contribution < -0.4 is 5.32 Å². The van der Waals surface area contributed by atoms with Crippen LogP contribution in [0.2, 0.25) is 0 Å². The SMILES string of the molecule is COC(=O)C1CCN(C(=O)C(Cc2ccccc2)NC(=O)c2ccco2)CC1. The van der Waals surface area contributed by atoms with Crippen LogP contribution in [0, 0.1) is 5.92 Å². The quantitative estimate of drug-likeness (QED) is 0.770. The minimum Gasteiger partial charge on any atom is -0.469 e. The van der Waals surface area contributed by atoms with E-state index in [0.717, 1.165) is 5.56 Å². The summed E-state index contributed by atoms with van der Waals surface area (Å²) in [5.74, 6) is -0.843. The van der Waals surface area contributed by atoms with Crippen LogP contribution in [-0.2, 0) is 20.7 Å². The molecule has 1 fully saturated rings. The molecule has 7 heteroatoms. The van der Waals surface area contributed by atoms with Gasteiger partial charge in [-0.05, 0) is 30.5 Å². The number of benzene rings is 1. The summed E-state index contributed by atoms with van der Waals surface area (Å²) in [6.45, 7) is 0.918. The molecule has 2 aromatic rings. The number of furan rings is 1. The predicted molar refractivity (Wildman–Crippen MR) is 101 cm³/mol. The molecule has 0 saturated carbocycles. The van der Waals surface area contributed by atoms with Crippen molar-refractivity contribution in [1.82, 2.24) is 10.2 Å². The molecule has 1 saturated heterocycles. The van der Waals surface area contributed by atoms with Gasteiger partial charge in [0.1, 0.15) is 6.04 Å². The van der Waals surface area contributed by atoms with Gasteiger partial charge in [0, 0.05) is 19.5 Å². The Morgan fingerprint density at radius 2 is 1.86 bits per heavy atom. The van der Waals surface area contributed by atoms with E-state index in [2.05, 4.69) is 5.32 Å². The highest BCUT2D eigenvalue weighted by Crippen LogP contribution is 2.20. The van der Waals surface area contributed by atoms with Crippen LogP contribution in [0.1, 0.15) is 29.0 Å². The van der Waals surface area contributed by atoms with Gasteiger partial charge in [-0.3, -0.25) is 14.4 Å². The molecular formula is C21H24N2O5. The van der Waals surface area contributed by atoms with Gasteiger partial charge in [0.15, 0.2) is 5.76 Å². The van der Waals surface area contributed by atoms with Gasteiger partial charge < -0.3 is 19.4 Å². The molecule has 28 heavy (non-hydrogen) atoms. The molecule has 0 spiro atoms. The van der Waals surface area contributed by atoms with Crippen LogP contribution in [-0.4, -0.2) is 48.9 Å². The van der Waals surface area contributed by atoms with Gasteiger partial charge in [0.2, 0.25) is 5.91 Å². The number of carbonyl (C=O) groups excluding carboxylic acids is 3. The fraction of sp³-hybridized carbons (Fsp3) is 0.381. The number of amides is 2. The van der Waals surface area contributed by atoms with Crippen molar-refractivity contribution in [3.05, 3.63) is 60.1 Å². The smallest absolute Gasteiger partial charge is 0.308 e. The molecule has 0 aliphatic carbocycles. The summed E-state index contributed by atoms with van der Waals surface area (Å²) in [6, 6.07) is 12.0. The maximum atomic E-state index is 13.1. The number of nitrogens with one attached hydrogen (secondary N) is 1. The Bertz CT molecular complexity index is 795. The maximum Gasteiger partial charge on any atom is 0.308 e. The number of carbonyl (C=O) groups is 3. The molecule has 3 rings (SSSR count). The van der Waals surface area contributed by atoms with Crippen molar-refractivity contribution in [2.24, 2.45) is 5.92 Å². The average Bonchev–Trinajstić information content (AvgIpc) is 3.28. The largest absolute Gasteiger partial charge is 0.469 e. The van der Waals surface area contributed by atoms with Crippen molar-refractivity contribution in [2.45, 2.75) is 25.3 Å². The fourth-order valence-corrected chi connectivity index (χ4v) is 3.41. The lowest BCUT2D eigenvalue weighted by atomic mass is 9.96. The van der Waals surface area contributed by atoms with E-state index in [1.165, 1.54) is 13.4 Å². The molecule has 0 radical (unpaired) electrons. The minimum absolute atomic E-state index is 0.160. The molecule has 1 aromatic heterocycles. The third-order valence-corrected chi connectivity index (χ3v) is 4.97. The van der Waals surface area contributed by atoms with Gasteiger partial charge in [-0.15, -0.1) is 0 Å². The second-order valence-corrected chi connectivity index (χ2v) is 6.82. The molecule has 0 bridgehead atoms. The predicted octanol–water partition coefficient (Wildman–Crippen LogP) is 2.03. The van der Waals surface area contributed by atoms with Gasteiger partial charge in [-0.2, -0.15) is 0 Å². The lowest BCUT2D eigenvalue weighted by Gasteiger charge is -2.33. The zero-order chi connectivity index (χ0) is 19.9. The molecule has 1 aromatic carbocycles. The molecule has 2 amide bonds. The van der Waals surface area contributed by atoms with E-state index in [0.29, 0.717) is 32.4 Å². The van der Waals surface area contributed by atoms with E-state index >= 15 is 0 Å². The molecule has 1 aliphatic rings. The number of piperidine rings is 1. The molecule has 1 atom stereocenters. The Kier molecular flexibility index (Phi) is 6.47. The van der Waals surface area contributed by atoms with Gasteiger partial charge in [-0.1, -0.05) is 30.3 Å². The Hall–Kier alpha value is -3.09. The lowest BCUT2D eigenvalue weighted by Crippen LogP contribution is -2.52. The second-order valence-electron chi connectivity index (χ2n) is 6.82. The maximum absolute atomic E-state index is 13.1. The van der Waals surface area contributed by atoms with Crippen LogP contribution in [0.25, 0.3) is 0 Å². The third kappa shape index (κ3) is 4.79. The zero-order valence-electron chi connectivity index (χ0n) is 15.8. The van der Waals surface area contributed by atoms with E-state index in [4.69, 9.17) is 9.15 Å². The topological polar surface area (TPSA) is 88.9 Å². The summed E-state index contributed by atoms with van der Waals surface area (Å²) in [6.07, 6.45) is 2.91. The highest BCUT2D eigenvalue weighted by Gasteiger charge is 2.32. The summed E-state index contributed by atoms with van der Waals surface area (Å²) in [5.41, 5.74) is 0.949. The molecular weight excluding hydrogens is 360 g/mol. The number of esters is 1. The monoisotopic (exact) mass is 384 g/mol. The summed E-state index contributed by atoms with van der Waals surface area (Å²) in [4.78, 5) is 39.0. The normalized spacial score (nSPS) is 15.7. The lowest BCUT2D eigenvalue weighted by molar-refractivity contribution is -0.149. The number of likely N-dealkylation sites (tertiary alicyclic amines) is 1. The standard InChI is InChI=1S/C21H24N2O5/c1-27-21(26)16-9-11-23(12-10-16)20(25)17(14-15-6-3-2-4-7-15)22-19(24)18-8-5-13-28-18/h2-8,13,16-17H,9-12,14H2,1H3,(H,22,24). The molecule has 7 nitrogen and oxygen atoms in total. The van der Waals surface area contributed by atoms with Gasteiger partial charge in [-0.25, -0.2) is 0 Å². The van der Waals surface area contributed by atoms with Crippen LogP contribution in [0.5, 0.6) is 0 Å². The zero-order valence-corrected chi connectivity index (χ0v) is 15.8. The highest BCUT2D eigenvalue weighted by molar-refractivity contribution is 5.95. The van der Waals surface area contributed by atoms with E-state index in [1.807, 2.05) is 30.3 Å². The van der Waals surface area contributed by atoms with Crippen molar-refractivity contribution in [1.29, 1.82) is 0 Å². The second kappa shape index (κ2) is 9.21. The summed E-state index contributed by atoms with van der Waals surface area (Å²) >= 11 is 0. The van der Waals surface area contributed by atoms with Gasteiger partial charge in [0.05, 0.1) is 19.3 Å². The summed E-state index contributed by atoms with van der Waals surface area (Å²) in [5, 5.41) is 2.79. The minimum atomic E-state index is -0.713.